The van der Waals surface area contributed by atoms with Crippen LogP contribution in [0.3, 0.4) is 0 Å². The first kappa shape index (κ1) is 16.4. The molecule has 1 aromatic rings. The van der Waals surface area contributed by atoms with Gasteiger partial charge in [0.15, 0.2) is 11.0 Å². The molecular weight excluding hydrogens is 312 g/mol. The third-order valence-corrected chi connectivity index (χ3v) is 3.37. The Bertz CT molecular complexity index is 682. The molecule has 0 unspecified atom stereocenters. The van der Waals surface area contributed by atoms with Crippen LogP contribution in [0.1, 0.15) is 26.5 Å². The molecule has 120 valence electrons. The number of ether oxygens (including phenoxy) is 3. The Morgan fingerprint density at radius 1 is 1.45 bits per heavy atom. The molecule has 1 saturated heterocycles. The smallest absolute Gasteiger partial charge is 0.303 e. The van der Waals surface area contributed by atoms with E-state index in [1.807, 2.05) is 0 Å². The van der Waals surface area contributed by atoms with Crippen LogP contribution in [-0.2, 0) is 23.8 Å². The van der Waals surface area contributed by atoms with Gasteiger partial charge in [-0.15, -0.1) is 0 Å². The van der Waals surface area contributed by atoms with Crippen molar-refractivity contribution in [3.8, 4) is 0 Å². The van der Waals surface area contributed by atoms with Crippen LogP contribution in [0.5, 0.6) is 0 Å². The van der Waals surface area contributed by atoms with Crippen LogP contribution in [0, 0.1) is 4.77 Å². The van der Waals surface area contributed by atoms with Gasteiger partial charge in [0.05, 0.1) is 6.10 Å². The molecule has 1 aliphatic rings. The van der Waals surface area contributed by atoms with Crippen molar-refractivity contribution >= 4 is 24.2 Å². The molecule has 1 aliphatic heterocycles. The molecule has 8 nitrogen and oxygen atoms in total. The number of esters is 2. The molecule has 0 bridgehead atoms. The van der Waals surface area contributed by atoms with Crippen LogP contribution in [0.25, 0.3) is 0 Å². The first-order chi connectivity index (χ1) is 10.4. The summed E-state index contributed by atoms with van der Waals surface area (Å²) in [6, 6.07) is 1.30. The van der Waals surface area contributed by atoms with E-state index in [0.717, 1.165) is 0 Å². The molecule has 1 aromatic heterocycles. The summed E-state index contributed by atoms with van der Waals surface area (Å²) in [6.45, 7) is 2.65. The Labute approximate surface area is 131 Å². The van der Waals surface area contributed by atoms with Crippen LogP contribution in [0.4, 0.5) is 0 Å². The van der Waals surface area contributed by atoms with Crippen molar-refractivity contribution in [3.05, 3.63) is 27.4 Å². The normalized spacial score (nSPS) is 24.0. The van der Waals surface area contributed by atoms with Gasteiger partial charge in [0.25, 0.3) is 5.56 Å². The highest BCUT2D eigenvalue weighted by atomic mass is 32.1. The fourth-order valence-electron chi connectivity index (χ4n) is 2.23. The summed E-state index contributed by atoms with van der Waals surface area (Å²) < 4.78 is 17.6. The third-order valence-electron chi connectivity index (χ3n) is 3.06. The van der Waals surface area contributed by atoms with Gasteiger partial charge in [0.1, 0.15) is 12.7 Å². The topological polar surface area (TPSA) is 99.6 Å². The molecule has 0 radical (unpaired) electrons. The van der Waals surface area contributed by atoms with Gasteiger partial charge in [-0.3, -0.25) is 23.9 Å². The van der Waals surface area contributed by atoms with E-state index in [2.05, 4.69) is 4.98 Å². The van der Waals surface area contributed by atoms with E-state index in [1.54, 1.807) is 0 Å². The van der Waals surface area contributed by atoms with Gasteiger partial charge < -0.3 is 14.2 Å². The molecule has 1 fully saturated rings. The fraction of sp³-hybridized carbons (Fsp3) is 0.538. The van der Waals surface area contributed by atoms with Gasteiger partial charge in [-0.25, -0.2) is 0 Å². The Morgan fingerprint density at radius 3 is 2.77 bits per heavy atom. The van der Waals surface area contributed by atoms with E-state index in [4.69, 9.17) is 26.4 Å². The second-order valence-corrected chi connectivity index (χ2v) is 5.24. The quantitative estimate of drug-likeness (QED) is 0.641. The second kappa shape index (κ2) is 6.84. The largest absolute Gasteiger partial charge is 0.463 e. The Hall–Kier alpha value is -2.00. The summed E-state index contributed by atoms with van der Waals surface area (Å²) in [4.78, 5) is 35.8. The summed E-state index contributed by atoms with van der Waals surface area (Å²) in [5.74, 6) is -0.876. The molecule has 0 aromatic carbocycles. The molecule has 1 N–H and O–H groups in total. The average molecular weight is 328 g/mol. The van der Waals surface area contributed by atoms with Gasteiger partial charge in [0, 0.05) is 32.5 Å². The molecular formula is C13H16N2O6S. The lowest BCUT2D eigenvalue weighted by atomic mass is 10.2. The van der Waals surface area contributed by atoms with Gasteiger partial charge in [-0.05, 0) is 12.2 Å². The van der Waals surface area contributed by atoms with Crippen molar-refractivity contribution in [3.63, 3.8) is 0 Å². The van der Waals surface area contributed by atoms with Crippen molar-refractivity contribution in [2.75, 3.05) is 6.61 Å². The van der Waals surface area contributed by atoms with Crippen LogP contribution < -0.4 is 5.56 Å². The molecule has 2 heterocycles. The molecule has 0 spiro atoms. The molecule has 2 rings (SSSR count). The number of H-pyrrole nitrogens is 1. The number of nitrogens with one attached hydrogen (secondary N) is 1. The summed E-state index contributed by atoms with van der Waals surface area (Å²) in [6.07, 6.45) is 0.131. The minimum Gasteiger partial charge on any atom is -0.463 e. The van der Waals surface area contributed by atoms with Gasteiger partial charge >= 0.3 is 11.9 Å². The summed E-state index contributed by atoms with van der Waals surface area (Å²) in [7, 11) is 0. The zero-order chi connectivity index (χ0) is 16.3. The van der Waals surface area contributed by atoms with E-state index in [0.29, 0.717) is 6.42 Å². The Balaban J connectivity index is 2.21. The Kier molecular flexibility index (Phi) is 5.09. The zero-order valence-electron chi connectivity index (χ0n) is 12.1. The van der Waals surface area contributed by atoms with Crippen molar-refractivity contribution in [2.45, 2.75) is 38.7 Å². The highest BCUT2D eigenvalue weighted by Crippen LogP contribution is 2.31. The zero-order valence-corrected chi connectivity index (χ0v) is 12.9. The lowest BCUT2D eigenvalue weighted by molar-refractivity contribution is -0.153. The molecule has 0 saturated carbocycles. The van der Waals surface area contributed by atoms with Crippen molar-refractivity contribution < 1.29 is 23.8 Å². The standard InChI is InChI=1S/C13H16N2O6S/c1-7(16)19-6-9-5-10(20-8(2)17)12(21-9)15-4-3-11(18)14-13(15)22/h3-4,9-10,12H,5-6H2,1-2H3,(H,14,18,22)/t9-,10-,12+/m0/s1. The first-order valence-electron chi connectivity index (χ1n) is 6.64. The van der Waals surface area contributed by atoms with E-state index in [9.17, 15) is 14.4 Å². The maximum atomic E-state index is 11.2. The van der Waals surface area contributed by atoms with E-state index in [1.165, 1.54) is 30.7 Å². The molecule has 22 heavy (non-hydrogen) atoms. The Morgan fingerprint density at radius 2 is 2.18 bits per heavy atom. The highest BCUT2D eigenvalue weighted by molar-refractivity contribution is 7.71. The predicted octanol–water partition coefficient (Wildman–Crippen LogP) is 0.688. The molecule has 0 amide bonds. The third kappa shape index (κ3) is 4.01. The SMILES string of the molecule is CC(=O)OC[C@@H]1C[C@H](OC(C)=O)[C@H](n2ccc(=O)[nH]c2=S)O1. The van der Waals surface area contributed by atoms with Crippen LogP contribution in [0.15, 0.2) is 17.1 Å². The molecule has 9 heteroatoms. The number of rotatable bonds is 4. The first-order valence-corrected chi connectivity index (χ1v) is 7.05. The second-order valence-electron chi connectivity index (χ2n) is 4.85. The minimum absolute atomic E-state index is 0.0558. The highest BCUT2D eigenvalue weighted by Gasteiger charge is 2.39. The van der Waals surface area contributed by atoms with Crippen molar-refractivity contribution in [2.24, 2.45) is 0 Å². The van der Waals surface area contributed by atoms with E-state index >= 15 is 0 Å². The van der Waals surface area contributed by atoms with Gasteiger partial charge in [-0.2, -0.15) is 0 Å². The summed E-state index contributed by atoms with van der Waals surface area (Å²) in [5, 5.41) is 0. The maximum absolute atomic E-state index is 11.2. The number of carbonyl (C=O) groups excluding carboxylic acids is 2. The predicted molar refractivity (Wildman–Crippen MR) is 76.6 cm³/mol. The van der Waals surface area contributed by atoms with Crippen LogP contribution in [-0.4, -0.2) is 40.3 Å². The summed E-state index contributed by atoms with van der Waals surface area (Å²) >= 11 is 5.09. The number of carbonyl (C=O) groups is 2. The summed E-state index contributed by atoms with van der Waals surface area (Å²) in [5.41, 5.74) is -0.334. The van der Waals surface area contributed by atoms with Crippen LogP contribution in [0.2, 0.25) is 0 Å². The van der Waals surface area contributed by atoms with Crippen LogP contribution >= 0.6 is 12.2 Å². The fourth-order valence-corrected chi connectivity index (χ4v) is 2.49. The number of hydrogen-bond donors (Lipinski definition) is 1. The maximum Gasteiger partial charge on any atom is 0.303 e. The van der Waals surface area contributed by atoms with Crippen molar-refractivity contribution in [1.29, 1.82) is 0 Å². The molecule has 3 atom stereocenters. The van der Waals surface area contributed by atoms with Crippen molar-refractivity contribution in [1.82, 2.24) is 9.55 Å². The van der Waals surface area contributed by atoms with Gasteiger partial charge in [0.2, 0.25) is 0 Å². The number of aromatic nitrogens is 2. The van der Waals surface area contributed by atoms with E-state index < -0.39 is 30.4 Å². The number of aromatic amines is 1. The monoisotopic (exact) mass is 328 g/mol. The minimum atomic E-state index is -0.686. The number of hydrogen-bond acceptors (Lipinski definition) is 7. The van der Waals surface area contributed by atoms with E-state index in [-0.39, 0.29) is 16.9 Å². The average Bonchev–Trinajstić information content (AvgIpc) is 2.78. The lowest BCUT2D eigenvalue weighted by Gasteiger charge is -2.21. The molecule has 0 aliphatic carbocycles. The lowest BCUT2D eigenvalue weighted by Crippen LogP contribution is -2.26. The van der Waals surface area contributed by atoms with Gasteiger partial charge in [-0.1, -0.05) is 0 Å². The number of nitrogens with zero attached hydrogens (tertiary/aromatic N) is 1.